The van der Waals surface area contributed by atoms with Crippen molar-refractivity contribution < 1.29 is 4.79 Å². The summed E-state index contributed by atoms with van der Waals surface area (Å²) in [7, 11) is 0. The molecule has 0 fully saturated rings. The van der Waals surface area contributed by atoms with Crippen LogP contribution in [0.4, 0.5) is 5.69 Å². The second-order valence-corrected chi connectivity index (χ2v) is 7.47. The molecule has 3 rings (SSSR count). The Bertz CT molecular complexity index is 969. The zero-order chi connectivity index (χ0) is 19.6. The highest BCUT2D eigenvalue weighted by atomic mass is 16.1. The highest BCUT2D eigenvalue weighted by Gasteiger charge is 2.23. The second kappa shape index (κ2) is 7.31. The van der Waals surface area contributed by atoms with E-state index < -0.39 is 0 Å². The number of aryl methyl sites for hydroxylation is 1. The summed E-state index contributed by atoms with van der Waals surface area (Å²) in [6, 6.07) is 9.51. The van der Waals surface area contributed by atoms with Crippen LogP contribution in [0.1, 0.15) is 49.6 Å². The molecule has 1 amide bonds. The molecule has 0 atom stereocenters. The van der Waals surface area contributed by atoms with Gasteiger partial charge in [0.05, 0.1) is 28.7 Å². The average molecular weight is 363 g/mol. The molecule has 3 aromatic rings. The van der Waals surface area contributed by atoms with Gasteiger partial charge in [0.25, 0.3) is 5.91 Å². The Morgan fingerprint density at radius 3 is 2.67 bits per heavy atom. The summed E-state index contributed by atoms with van der Waals surface area (Å²) in [5.41, 5.74) is 3.85. The van der Waals surface area contributed by atoms with Crippen molar-refractivity contribution >= 4 is 11.6 Å². The molecule has 0 saturated heterocycles. The number of hydrogen-bond acceptors (Lipinski definition) is 4. The van der Waals surface area contributed by atoms with Gasteiger partial charge in [-0.25, -0.2) is 9.97 Å². The summed E-state index contributed by atoms with van der Waals surface area (Å²) < 4.78 is 1.92. The van der Waals surface area contributed by atoms with Crippen LogP contribution in [0.2, 0.25) is 0 Å². The Labute approximate surface area is 159 Å². The van der Waals surface area contributed by atoms with Crippen molar-refractivity contribution in [3.05, 3.63) is 59.8 Å². The van der Waals surface area contributed by atoms with Gasteiger partial charge in [0.2, 0.25) is 0 Å². The Morgan fingerprint density at radius 1 is 1.22 bits per heavy atom. The maximum Gasteiger partial charge on any atom is 0.259 e. The minimum absolute atomic E-state index is 0.154. The second-order valence-electron chi connectivity index (χ2n) is 7.47. The number of amides is 1. The minimum atomic E-state index is -0.172. The molecule has 0 unspecified atom stereocenters. The van der Waals surface area contributed by atoms with E-state index in [2.05, 4.69) is 41.2 Å². The van der Waals surface area contributed by atoms with Crippen LogP contribution in [0.15, 0.2) is 42.7 Å². The number of carbonyl (C=O) groups excluding carboxylic acids is 1. The number of nitrogens with zero attached hydrogens (tertiary/aromatic N) is 4. The van der Waals surface area contributed by atoms with Crippen LogP contribution >= 0.6 is 0 Å². The van der Waals surface area contributed by atoms with E-state index >= 15 is 0 Å². The molecule has 2 heterocycles. The summed E-state index contributed by atoms with van der Waals surface area (Å²) in [6.07, 6.45) is 4.12. The molecule has 27 heavy (non-hydrogen) atoms. The number of aromatic nitrogens is 4. The third-order valence-corrected chi connectivity index (χ3v) is 4.28. The van der Waals surface area contributed by atoms with Gasteiger partial charge in [-0.2, -0.15) is 5.10 Å². The molecule has 2 aromatic heterocycles. The Hall–Kier alpha value is -3.02. The summed E-state index contributed by atoms with van der Waals surface area (Å²) in [4.78, 5) is 21.4. The van der Waals surface area contributed by atoms with Gasteiger partial charge in [0.15, 0.2) is 0 Å². The smallest absolute Gasteiger partial charge is 0.259 e. The maximum atomic E-state index is 12.8. The van der Waals surface area contributed by atoms with Crippen molar-refractivity contribution in [2.24, 2.45) is 0 Å². The Kier molecular flexibility index (Phi) is 5.08. The van der Waals surface area contributed by atoms with Crippen molar-refractivity contribution in [1.82, 2.24) is 19.7 Å². The van der Waals surface area contributed by atoms with Gasteiger partial charge >= 0.3 is 0 Å². The Balaban J connectivity index is 1.87. The lowest BCUT2D eigenvalue weighted by Crippen LogP contribution is -2.26. The third kappa shape index (κ3) is 4.05. The lowest BCUT2D eigenvalue weighted by molar-refractivity contribution is 0.102. The molecule has 0 bridgehead atoms. The van der Waals surface area contributed by atoms with Crippen LogP contribution in [0.5, 0.6) is 0 Å². The summed E-state index contributed by atoms with van der Waals surface area (Å²) in [5, 5.41) is 7.42. The van der Waals surface area contributed by atoms with Gasteiger partial charge in [-0.15, -0.1) is 0 Å². The van der Waals surface area contributed by atoms with Gasteiger partial charge in [0.1, 0.15) is 5.82 Å². The lowest BCUT2D eigenvalue weighted by atomic mass is 10.1. The van der Waals surface area contributed by atoms with E-state index in [1.165, 1.54) is 0 Å². The van der Waals surface area contributed by atoms with E-state index in [9.17, 15) is 4.79 Å². The van der Waals surface area contributed by atoms with Gasteiger partial charge in [-0.05, 0) is 52.3 Å². The van der Waals surface area contributed by atoms with Crippen molar-refractivity contribution in [2.75, 3.05) is 5.32 Å². The number of hydrogen-bond donors (Lipinski definition) is 1. The first-order chi connectivity index (χ1) is 12.8. The average Bonchev–Trinajstić information content (AvgIpc) is 3.06. The molecule has 0 aliphatic carbocycles. The van der Waals surface area contributed by atoms with Crippen LogP contribution in [0.3, 0.4) is 0 Å². The first-order valence-electron chi connectivity index (χ1n) is 9.08. The van der Waals surface area contributed by atoms with E-state index in [0.717, 1.165) is 29.1 Å². The fourth-order valence-electron chi connectivity index (χ4n) is 3.05. The van der Waals surface area contributed by atoms with E-state index in [1.54, 1.807) is 12.4 Å². The highest BCUT2D eigenvalue weighted by molar-refractivity contribution is 6.05. The molecule has 1 aromatic carbocycles. The summed E-state index contributed by atoms with van der Waals surface area (Å²) in [5.74, 6) is 0.558. The number of rotatable bonds is 4. The normalized spacial score (nSPS) is 11.4. The number of nitrogens with one attached hydrogen (secondary N) is 1. The van der Waals surface area contributed by atoms with E-state index in [0.29, 0.717) is 11.4 Å². The van der Waals surface area contributed by atoms with Gasteiger partial charge in [0, 0.05) is 17.4 Å². The monoisotopic (exact) mass is 363 g/mol. The highest BCUT2D eigenvalue weighted by Crippen LogP contribution is 2.23. The third-order valence-electron chi connectivity index (χ3n) is 4.28. The standard InChI is InChI=1S/C21H25N5O/c1-6-19-17(13-23-26(19)21(3,4)5)20(27)25-16-9-7-8-15(12-16)18-10-11-22-14(2)24-18/h7-13H,6H2,1-5H3,(H,25,27). The van der Waals surface area contributed by atoms with Crippen LogP contribution in [0.25, 0.3) is 11.3 Å². The Morgan fingerprint density at radius 2 is 2.00 bits per heavy atom. The van der Waals surface area contributed by atoms with Crippen LogP contribution in [-0.4, -0.2) is 25.7 Å². The fraction of sp³-hybridized carbons (Fsp3) is 0.333. The first-order valence-corrected chi connectivity index (χ1v) is 9.08. The topological polar surface area (TPSA) is 72.7 Å². The molecule has 6 nitrogen and oxygen atoms in total. The predicted octanol–water partition coefficient (Wildman–Crippen LogP) is 4.22. The number of benzene rings is 1. The zero-order valence-corrected chi connectivity index (χ0v) is 16.4. The van der Waals surface area contributed by atoms with Crippen LogP contribution in [-0.2, 0) is 12.0 Å². The molecular weight excluding hydrogens is 338 g/mol. The molecular formula is C21H25N5O. The molecule has 1 N–H and O–H groups in total. The minimum Gasteiger partial charge on any atom is -0.322 e. The molecule has 0 aliphatic heterocycles. The van der Waals surface area contributed by atoms with Gasteiger partial charge < -0.3 is 5.32 Å². The molecule has 0 radical (unpaired) electrons. The largest absolute Gasteiger partial charge is 0.322 e. The van der Waals surface area contributed by atoms with Crippen LogP contribution in [0, 0.1) is 6.92 Å². The van der Waals surface area contributed by atoms with E-state index in [-0.39, 0.29) is 11.4 Å². The van der Waals surface area contributed by atoms with Crippen LogP contribution < -0.4 is 5.32 Å². The zero-order valence-electron chi connectivity index (χ0n) is 16.4. The van der Waals surface area contributed by atoms with E-state index in [1.807, 2.05) is 48.9 Å². The summed E-state index contributed by atoms with van der Waals surface area (Å²) >= 11 is 0. The molecule has 140 valence electrons. The number of carbonyl (C=O) groups is 1. The van der Waals surface area contributed by atoms with E-state index in [4.69, 9.17) is 0 Å². The van der Waals surface area contributed by atoms with Crippen molar-refractivity contribution in [1.29, 1.82) is 0 Å². The van der Waals surface area contributed by atoms with Gasteiger partial charge in [-0.1, -0.05) is 19.1 Å². The molecule has 0 saturated carbocycles. The summed E-state index contributed by atoms with van der Waals surface area (Å²) in [6.45, 7) is 10.1. The van der Waals surface area contributed by atoms with Crippen molar-refractivity contribution in [3.63, 3.8) is 0 Å². The predicted molar refractivity (Wildman–Crippen MR) is 107 cm³/mol. The van der Waals surface area contributed by atoms with Crippen molar-refractivity contribution in [3.8, 4) is 11.3 Å². The van der Waals surface area contributed by atoms with Crippen molar-refractivity contribution in [2.45, 2.75) is 46.6 Å². The number of anilines is 1. The van der Waals surface area contributed by atoms with Gasteiger partial charge in [-0.3, -0.25) is 9.48 Å². The lowest BCUT2D eigenvalue weighted by Gasteiger charge is -2.22. The fourth-order valence-corrected chi connectivity index (χ4v) is 3.05. The maximum absolute atomic E-state index is 12.8. The molecule has 6 heteroatoms. The SMILES string of the molecule is CCc1c(C(=O)Nc2cccc(-c3ccnc(C)n3)c2)cnn1C(C)(C)C. The molecule has 0 aliphatic rings. The first kappa shape index (κ1) is 18.8. The quantitative estimate of drug-likeness (QED) is 0.753. The molecule has 0 spiro atoms.